The van der Waals surface area contributed by atoms with Gasteiger partial charge >= 0.3 is 5.97 Å². The minimum Gasteiger partial charge on any atom is -0.507 e. The van der Waals surface area contributed by atoms with Gasteiger partial charge in [-0.2, -0.15) is 0 Å². The molecule has 3 aromatic carbocycles. The number of aromatic hydroxyl groups is 1. The highest BCUT2D eigenvalue weighted by Gasteiger charge is 2.31. The highest BCUT2D eigenvalue weighted by atomic mass is 35.5. The number of phenols is 1. The third-order valence-corrected chi connectivity index (χ3v) is 6.42. The molecular weight excluding hydrogens is 578 g/mol. The van der Waals surface area contributed by atoms with E-state index in [1.54, 1.807) is 18.2 Å². The van der Waals surface area contributed by atoms with Gasteiger partial charge in [0.2, 0.25) is 11.8 Å². The molecule has 0 saturated carbocycles. The summed E-state index contributed by atoms with van der Waals surface area (Å²) >= 11 is 6.16. The molecule has 42 heavy (non-hydrogen) atoms. The van der Waals surface area contributed by atoms with E-state index in [0.29, 0.717) is 22.4 Å². The van der Waals surface area contributed by atoms with E-state index in [1.165, 1.54) is 18.1 Å². The SMILES string of the molecule is COc1ccc(Cl)cc1C[C@H]1CN=C(NOc2cc(F)cc(F)c2)CN(CC(=O)Nc2ccc(O)c(C(=O)O)c2)C1=O. The number of rotatable bonds is 9. The van der Waals surface area contributed by atoms with Gasteiger partial charge in [0, 0.05) is 28.9 Å². The van der Waals surface area contributed by atoms with Gasteiger partial charge in [0.1, 0.15) is 35.2 Å². The van der Waals surface area contributed by atoms with Gasteiger partial charge in [-0.05, 0) is 48.4 Å². The molecule has 220 valence electrons. The van der Waals surface area contributed by atoms with Crippen molar-refractivity contribution in [3.63, 3.8) is 0 Å². The lowest BCUT2D eigenvalue weighted by molar-refractivity contribution is -0.137. The van der Waals surface area contributed by atoms with Gasteiger partial charge in [0.15, 0.2) is 11.6 Å². The van der Waals surface area contributed by atoms with E-state index in [1.807, 2.05) is 0 Å². The molecule has 0 bridgehead atoms. The number of hydroxylamine groups is 1. The van der Waals surface area contributed by atoms with Gasteiger partial charge < -0.3 is 30.0 Å². The first-order valence-electron chi connectivity index (χ1n) is 12.4. The summed E-state index contributed by atoms with van der Waals surface area (Å²) in [6, 6.07) is 11.0. The number of aliphatic imine (C=N–C) groups is 1. The molecule has 0 fully saturated rings. The van der Waals surface area contributed by atoms with Gasteiger partial charge in [-0.25, -0.2) is 19.1 Å². The highest BCUT2D eigenvalue weighted by Crippen LogP contribution is 2.27. The molecule has 11 nitrogen and oxygen atoms in total. The number of aromatic carboxylic acids is 1. The molecule has 0 radical (unpaired) electrons. The first-order chi connectivity index (χ1) is 20.0. The third-order valence-electron chi connectivity index (χ3n) is 6.18. The number of anilines is 1. The zero-order chi connectivity index (χ0) is 30.4. The second-order valence-corrected chi connectivity index (χ2v) is 9.67. The zero-order valence-corrected chi connectivity index (χ0v) is 22.8. The van der Waals surface area contributed by atoms with Crippen LogP contribution >= 0.6 is 11.6 Å². The molecule has 4 rings (SSSR count). The fourth-order valence-electron chi connectivity index (χ4n) is 4.25. The summed E-state index contributed by atoms with van der Waals surface area (Å²) < 4.78 is 32.6. The molecule has 1 heterocycles. The van der Waals surface area contributed by atoms with E-state index in [2.05, 4.69) is 15.8 Å². The lowest BCUT2D eigenvalue weighted by Crippen LogP contribution is -2.46. The number of halogens is 3. The number of hydrogen-bond acceptors (Lipinski definition) is 8. The molecule has 4 N–H and O–H groups in total. The summed E-state index contributed by atoms with van der Waals surface area (Å²) in [6.45, 7) is -0.737. The lowest BCUT2D eigenvalue weighted by Gasteiger charge is -2.24. The molecule has 0 aromatic heterocycles. The summed E-state index contributed by atoms with van der Waals surface area (Å²) in [5.41, 5.74) is 2.80. The fourth-order valence-corrected chi connectivity index (χ4v) is 4.45. The topological polar surface area (TPSA) is 150 Å². The van der Waals surface area contributed by atoms with Crippen LogP contribution in [0.25, 0.3) is 0 Å². The standard InChI is InChI=1S/C28H25ClF2N4O7/c1-41-24-5-2-17(29)7-15(24)6-16-12-32-25(34-42-21-9-18(30)8-19(31)10-21)13-35(27(16)38)14-26(37)33-20-3-4-23(36)22(11-20)28(39)40/h2-5,7-11,16,36H,6,12-14H2,1H3,(H,32,34)(H,33,37)(H,39,40)/t16-/m0/s1. The predicted molar refractivity (Wildman–Crippen MR) is 148 cm³/mol. The lowest BCUT2D eigenvalue weighted by atomic mass is 9.97. The summed E-state index contributed by atoms with van der Waals surface area (Å²) in [5.74, 6) is -5.05. The predicted octanol–water partition coefficient (Wildman–Crippen LogP) is 3.65. The van der Waals surface area contributed by atoms with Crippen LogP contribution in [0.2, 0.25) is 5.02 Å². The van der Waals surface area contributed by atoms with Crippen molar-refractivity contribution in [3.05, 3.63) is 82.4 Å². The van der Waals surface area contributed by atoms with Crippen LogP contribution in [0.3, 0.4) is 0 Å². The van der Waals surface area contributed by atoms with Crippen LogP contribution in [0.15, 0.2) is 59.6 Å². The van der Waals surface area contributed by atoms with Crippen LogP contribution in [-0.2, 0) is 16.0 Å². The van der Waals surface area contributed by atoms with Gasteiger partial charge in [-0.3, -0.25) is 14.6 Å². The maximum atomic E-state index is 13.6. The summed E-state index contributed by atoms with van der Waals surface area (Å²) in [6.07, 6.45) is 0.160. The number of hydrogen-bond donors (Lipinski definition) is 4. The normalized spacial score (nSPS) is 15.0. The molecule has 2 amide bonds. The Kier molecular flexibility index (Phi) is 9.42. The molecule has 1 aliphatic rings. The van der Waals surface area contributed by atoms with Crippen LogP contribution in [0, 0.1) is 17.6 Å². The van der Waals surface area contributed by atoms with Crippen molar-refractivity contribution >= 4 is 40.9 Å². The Morgan fingerprint density at radius 2 is 1.86 bits per heavy atom. The fraction of sp³-hybridized carbons (Fsp3) is 0.214. The van der Waals surface area contributed by atoms with Crippen LogP contribution in [0.5, 0.6) is 17.2 Å². The third kappa shape index (κ3) is 7.63. The second-order valence-electron chi connectivity index (χ2n) is 9.23. The minimum absolute atomic E-state index is 0.0320. The van der Waals surface area contributed by atoms with Crippen LogP contribution < -0.4 is 20.4 Å². The molecule has 3 aromatic rings. The quantitative estimate of drug-likeness (QED) is 0.214. The average Bonchev–Trinajstić information content (AvgIpc) is 3.06. The molecular formula is C28H25ClF2N4O7. The van der Waals surface area contributed by atoms with Crippen molar-refractivity contribution in [1.82, 2.24) is 10.4 Å². The summed E-state index contributed by atoms with van der Waals surface area (Å²) in [4.78, 5) is 48.8. The monoisotopic (exact) mass is 602 g/mol. The van der Waals surface area contributed by atoms with E-state index >= 15 is 0 Å². The van der Waals surface area contributed by atoms with Crippen LogP contribution in [0.4, 0.5) is 14.5 Å². The number of ether oxygens (including phenoxy) is 1. The molecule has 0 saturated heterocycles. The number of carbonyl (C=O) groups is 3. The van der Waals surface area contributed by atoms with Gasteiger partial charge in [-0.1, -0.05) is 11.6 Å². The van der Waals surface area contributed by atoms with E-state index in [-0.39, 0.29) is 36.8 Å². The van der Waals surface area contributed by atoms with Gasteiger partial charge in [0.05, 0.1) is 26.1 Å². The number of nitrogens with one attached hydrogen (secondary N) is 2. The van der Waals surface area contributed by atoms with Gasteiger partial charge in [-0.15, -0.1) is 0 Å². The molecule has 0 aliphatic carbocycles. The molecule has 1 atom stereocenters. The first-order valence-corrected chi connectivity index (χ1v) is 12.8. The molecule has 0 spiro atoms. The van der Waals surface area contributed by atoms with Crippen molar-refractivity contribution in [1.29, 1.82) is 0 Å². The first kappa shape index (κ1) is 30.1. The zero-order valence-electron chi connectivity index (χ0n) is 22.1. The van der Waals surface area contributed by atoms with Crippen molar-refractivity contribution < 1.29 is 43.0 Å². The van der Waals surface area contributed by atoms with Gasteiger partial charge in [0.25, 0.3) is 0 Å². The Labute approximate surface area is 243 Å². The maximum absolute atomic E-state index is 13.6. The van der Waals surface area contributed by atoms with Crippen molar-refractivity contribution in [2.75, 3.05) is 32.1 Å². The number of benzene rings is 3. The Hall–Kier alpha value is -4.91. The van der Waals surface area contributed by atoms with Crippen LogP contribution in [-0.4, -0.2) is 65.5 Å². The van der Waals surface area contributed by atoms with E-state index in [4.69, 9.17) is 21.2 Å². The minimum atomic E-state index is -1.39. The maximum Gasteiger partial charge on any atom is 0.339 e. The number of carboxylic acids is 1. The molecule has 1 aliphatic heterocycles. The number of amides is 2. The van der Waals surface area contributed by atoms with Crippen LogP contribution in [0.1, 0.15) is 15.9 Å². The Bertz CT molecular complexity index is 1530. The largest absolute Gasteiger partial charge is 0.507 e. The number of carboxylic acid groups (broad SMARTS) is 1. The average molecular weight is 603 g/mol. The molecule has 14 heteroatoms. The Morgan fingerprint density at radius 3 is 2.55 bits per heavy atom. The summed E-state index contributed by atoms with van der Waals surface area (Å²) in [5, 5.41) is 21.9. The van der Waals surface area contributed by atoms with Crippen molar-refractivity contribution in [2.45, 2.75) is 6.42 Å². The molecule has 0 unspecified atom stereocenters. The number of carbonyl (C=O) groups excluding carboxylic acids is 2. The smallest absolute Gasteiger partial charge is 0.339 e. The van der Waals surface area contributed by atoms with E-state index < -0.39 is 53.2 Å². The Balaban J connectivity index is 1.56. The Morgan fingerprint density at radius 1 is 1.12 bits per heavy atom. The highest BCUT2D eigenvalue weighted by molar-refractivity contribution is 6.30. The number of amidine groups is 1. The van der Waals surface area contributed by atoms with Crippen molar-refractivity contribution in [2.24, 2.45) is 10.9 Å². The van der Waals surface area contributed by atoms with Crippen molar-refractivity contribution in [3.8, 4) is 17.2 Å². The van der Waals surface area contributed by atoms with E-state index in [0.717, 1.165) is 24.3 Å². The second kappa shape index (κ2) is 13.2. The number of methoxy groups -OCH3 is 1. The van der Waals surface area contributed by atoms with E-state index in [9.17, 15) is 33.4 Å². The number of nitrogens with zero attached hydrogens (tertiary/aromatic N) is 2. The summed E-state index contributed by atoms with van der Waals surface area (Å²) in [7, 11) is 1.48.